The van der Waals surface area contributed by atoms with Crippen LogP contribution in [0.5, 0.6) is 0 Å². The van der Waals surface area contributed by atoms with Gasteiger partial charge in [-0.3, -0.25) is 0 Å². The minimum absolute atomic E-state index is 0.131. The van der Waals surface area contributed by atoms with Crippen molar-refractivity contribution in [2.24, 2.45) is 0 Å². The van der Waals surface area contributed by atoms with Gasteiger partial charge >= 0.3 is 0 Å². The van der Waals surface area contributed by atoms with Gasteiger partial charge in [-0.05, 0) is 24.6 Å². The summed E-state index contributed by atoms with van der Waals surface area (Å²) in [6.07, 6.45) is 8.06. The Morgan fingerprint density at radius 3 is 2.38 bits per heavy atom. The van der Waals surface area contributed by atoms with Gasteiger partial charge in [0.1, 0.15) is 6.17 Å². The molecule has 1 heterocycles. The van der Waals surface area contributed by atoms with Gasteiger partial charge in [-0.1, -0.05) is 43.0 Å². The van der Waals surface area contributed by atoms with Crippen molar-refractivity contribution in [2.75, 3.05) is 10.6 Å². The van der Waals surface area contributed by atoms with Gasteiger partial charge in [0, 0.05) is 0 Å². The molecule has 0 atom stereocenters. The molecule has 2 nitrogen and oxygen atoms in total. The number of benzene rings is 1. The van der Waals surface area contributed by atoms with Crippen LogP contribution >= 0.6 is 0 Å². The van der Waals surface area contributed by atoms with Gasteiger partial charge in [-0.15, -0.1) is 0 Å². The third-order valence-electron chi connectivity index (χ3n) is 2.53. The van der Waals surface area contributed by atoms with Gasteiger partial charge in [0.15, 0.2) is 0 Å². The molecular weight excluding hydrogens is 196 g/mol. The van der Waals surface area contributed by atoms with Crippen LogP contribution in [0.2, 0.25) is 0 Å². The lowest BCUT2D eigenvalue weighted by Crippen LogP contribution is -2.23. The van der Waals surface area contributed by atoms with Gasteiger partial charge in [0.05, 0.1) is 11.4 Å². The number of hydrogen-bond acceptors (Lipinski definition) is 2. The Morgan fingerprint density at radius 1 is 1.25 bits per heavy atom. The van der Waals surface area contributed by atoms with Crippen molar-refractivity contribution in [3.63, 3.8) is 0 Å². The molecular formula is C14H16N2. The van der Waals surface area contributed by atoms with E-state index in [4.69, 9.17) is 0 Å². The van der Waals surface area contributed by atoms with Crippen LogP contribution in [0, 0.1) is 0 Å². The zero-order valence-electron chi connectivity index (χ0n) is 9.40. The summed E-state index contributed by atoms with van der Waals surface area (Å²) in [5, 5.41) is 6.85. The van der Waals surface area contributed by atoms with Crippen molar-refractivity contribution < 1.29 is 0 Å². The van der Waals surface area contributed by atoms with E-state index in [2.05, 4.69) is 35.4 Å². The van der Waals surface area contributed by atoms with Crippen LogP contribution in [0.3, 0.4) is 0 Å². The third-order valence-corrected chi connectivity index (χ3v) is 2.53. The van der Waals surface area contributed by atoms with Crippen molar-refractivity contribution in [3.05, 3.63) is 60.7 Å². The highest BCUT2D eigenvalue weighted by molar-refractivity contribution is 5.76. The molecule has 1 aromatic rings. The standard InChI is InChI=1S/C14H16N2/c1-3-7-11(8-4-2)14-15-12-9-5-6-10-13(12)16-14/h3-10,14-16H,1H2,2H3/b8-4-,11-7+. The Kier molecular flexibility index (Phi) is 3.10. The quantitative estimate of drug-likeness (QED) is 0.749. The molecule has 16 heavy (non-hydrogen) atoms. The van der Waals surface area contributed by atoms with Crippen LogP contribution in [-0.4, -0.2) is 6.17 Å². The maximum atomic E-state index is 3.74. The van der Waals surface area contributed by atoms with Crippen LogP contribution in [0.25, 0.3) is 0 Å². The molecule has 0 saturated heterocycles. The van der Waals surface area contributed by atoms with Gasteiger partial charge < -0.3 is 10.6 Å². The molecule has 1 aromatic carbocycles. The first-order valence-corrected chi connectivity index (χ1v) is 5.42. The molecule has 0 unspecified atom stereocenters. The second-order valence-corrected chi connectivity index (χ2v) is 3.67. The summed E-state index contributed by atoms with van der Waals surface area (Å²) in [5.74, 6) is 0. The second kappa shape index (κ2) is 4.71. The molecule has 1 aliphatic heterocycles. The Balaban J connectivity index is 2.21. The van der Waals surface area contributed by atoms with E-state index < -0.39 is 0 Å². The monoisotopic (exact) mass is 212 g/mol. The van der Waals surface area contributed by atoms with E-state index in [1.54, 1.807) is 0 Å². The maximum absolute atomic E-state index is 3.74. The smallest absolute Gasteiger partial charge is 0.123 e. The predicted octanol–water partition coefficient (Wildman–Crippen LogP) is 3.54. The zero-order valence-corrected chi connectivity index (χ0v) is 9.40. The van der Waals surface area contributed by atoms with E-state index in [1.165, 1.54) is 5.57 Å². The molecule has 0 spiro atoms. The van der Waals surface area contributed by atoms with E-state index in [1.807, 2.05) is 37.3 Å². The fraction of sp³-hybridized carbons (Fsp3) is 0.143. The topological polar surface area (TPSA) is 24.1 Å². The lowest BCUT2D eigenvalue weighted by Gasteiger charge is -2.13. The summed E-state index contributed by atoms with van der Waals surface area (Å²) < 4.78 is 0. The van der Waals surface area contributed by atoms with Gasteiger partial charge in [-0.25, -0.2) is 0 Å². The van der Waals surface area contributed by atoms with Gasteiger partial charge in [-0.2, -0.15) is 0 Å². The first-order chi connectivity index (χ1) is 7.85. The van der Waals surface area contributed by atoms with Crippen molar-refractivity contribution in [1.82, 2.24) is 0 Å². The van der Waals surface area contributed by atoms with Crippen molar-refractivity contribution in [3.8, 4) is 0 Å². The van der Waals surface area contributed by atoms with Crippen molar-refractivity contribution in [2.45, 2.75) is 13.1 Å². The average Bonchev–Trinajstić information content (AvgIpc) is 2.72. The molecule has 2 N–H and O–H groups in total. The largest absolute Gasteiger partial charge is 0.360 e. The SMILES string of the molecule is C=C/C=C(\C=C/C)C1Nc2ccccc2N1. The highest BCUT2D eigenvalue weighted by atomic mass is 15.2. The molecule has 2 heteroatoms. The highest BCUT2D eigenvalue weighted by Crippen LogP contribution is 2.30. The number of hydrogen-bond donors (Lipinski definition) is 2. The summed E-state index contributed by atoms with van der Waals surface area (Å²) in [7, 11) is 0. The van der Waals surface area contributed by atoms with Crippen LogP contribution in [0.15, 0.2) is 60.7 Å². The number of anilines is 2. The summed E-state index contributed by atoms with van der Waals surface area (Å²) in [6.45, 7) is 5.75. The van der Waals surface area contributed by atoms with Crippen molar-refractivity contribution in [1.29, 1.82) is 0 Å². The molecule has 0 aromatic heterocycles. The van der Waals surface area contributed by atoms with E-state index in [-0.39, 0.29) is 6.17 Å². The van der Waals surface area contributed by atoms with Gasteiger partial charge in [0.25, 0.3) is 0 Å². The molecule has 0 saturated carbocycles. The Labute approximate surface area is 96.4 Å². The van der Waals surface area contributed by atoms with E-state index >= 15 is 0 Å². The van der Waals surface area contributed by atoms with E-state index in [9.17, 15) is 0 Å². The normalized spacial score (nSPS) is 15.7. The summed E-state index contributed by atoms with van der Waals surface area (Å²) in [4.78, 5) is 0. The molecule has 0 radical (unpaired) electrons. The van der Waals surface area contributed by atoms with Crippen LogP contribution in [0.4, 0.5) is 11.4 Å². The van der Waals surface area contributed by atoms with Crippen LogP contribution in [0.1, 0.15) is 6.92 Å². The maximum Gasteiger partial charge on any atom is 0.123 e. The number of fused-ring (bicyclic) bond motifs is 1. The Bertz CT molecular complexity index is 419. The fourth-order valence-electron chi connectivity index (χ4n) is 1.83. The van der Waals surface area contributed by atoms with Gasteiger partial charge in [0.2, 0.25) is 0 Å². The first-order valence-electron chi connectivity index (χ1n) is 5.42. The van der Waals surface area contributed by atoms with Crippen LogP contribution < -0.4 is 10.6 Å². The minimum Gasteiger partial charge on any atom is -0.360 e. The summed E-state index contributed by atoms with van der Waals surface area (Å²) in [6, 6.07) is 8.21. The number of nitrogens with one attached hydrogen (secondary N) is 2. The molecule has 0 aliphatic carbocycles. The summed E-state index contributed by atoms with van der Waals surface area (Å²) >= 11 is 0. The second-order valence-electron chi connectivity index (χ2n) is 3.67. The fourth-order valence-corrected chi connectivity index (χ4v) is 1.83. The molecule has 0 amide bonds. The number of para-hydroxylation sites is 2. The van der Waals surface area contributed by atoms with Crippen molar-refractivity contribution >= 4 is 11.4 Å². The molecule has 82 valence electrons. The summed E-state index contributed by atoms with van der Waals surface area (Å²) in [5.41, 5.74) is 3.47. The predicted molar refractivity (Wildman–Crippen MR) is 70.6 cm³/mol. The zero-order chi connectivity index (χ0) is 11.4. The van der Waals surface area contributed by atoms with E-state index in [0.717, 1.165) is 11.4 Å². The molecule has 2 rings (SSSR count). The van der Waals surface area contributed by atoms with Crippen LogP contribution in [-0.2, 0) is 0 Å². The Morgan fingerprint density at radius 2 is 1.88 bits per heavy atom. The minimum atomic E-state index is 0.131. The number of rotatable bonds is 3. The molecule has 0 bridgehead atoms. The lowest BCUT2D eigenvalue weighted by molar-refractivity contribution is 1.01. The molecule has 1 aliphatic rings. The van der Waals surface area contributed by atoms with E-state index in [0.29, 0.717) is 0 Å². The highest BCUT2D eigenvalue weighted by Gasteiger charge is 2.20. The lowest BCUT2D eigenvalue weighted by atomic mass is 10.2. The molecule has 0 fully saturated rings. The first kappa shape index (κ1) is 10.6. The third kappa shape index (κ3) is 2.01. The average molecular weight is 212 g/mol. The Hall–Kier alpha value is -1.96. The number of allylic oxidation sites excluding steroid dienone is 3.